The molecular weight excluding hydrogens is 477 g/mol. The molecule has 0 amide bonds. The van der Waals surface area contributed by atoms with Crippen molar-refractivity contribution in [2.45, 2.75) is 32.7 Å². The fraction of sp³-hybridized carbons (Fsp3) is 0.682. The normalized spacial score (nSPS) is 21.9. The predicted molar refractivity (Wildman–Crippen MR) is 133 cm³/mol. The summed E-state index contributed by atoms with van der Waals surface area (Å²) in [6.07, 6.45) is 2.40. The van der Waals surface area contributed by atoms with Gasteiger partial charge in [0.25, 0.3) is 0 Å². The highest BCUT2D eigenvalue weighted by atomic mass is 127. The predicted octanol–water partition coefficient (Wildman–Crippen LogP) is 2.80. The van der Waals surface area contributed by atoms with Gasteiger partial charge in [-0.1, -0.05) is 25.1 Å². The smallest absolute Gasteiger partial charge is 0.191 e. The van der Waals surface area contributed by atoms with Gasteiger partial charge in [0, 0.05) is 57.5 Å². The SMILES string of the molecule is CCNC(=NCC(C)CN1CCOCC1)NC1CCCN(c2ccccc2)C1.I. The lowest BCUT2D eigenvalue weighted by molar-refractivity contribution is 0.0323. The van der Waals surface area contributed by atoms with Crippen molar-refractivity contribution in [2.24, 2.45) is 10.9 Å². The summed E-state index contributed by atoms with van der Waals surface area (Å²) in [4.78, 5) is 9.86. The van der Waals surface area contributed by atoms with Gasteiger partial charge in [-0.2, -0.15) is 0 Å². The highest BCUT2D eigenvalue weighted by Crippen LogP contribution is 2.19. The molecule has 1 aromatic carbocycles. The number of ether oxygens (including phenoxy) is 1. The summed E-state index contributed by atoms with van der Waals surface area (Å²) in [5.41, 5.74) is 1.31. The van der Waals surface area contributed by atoms with E-state index in [4.69, 9.17) is 9.73 Å². The molecule has 6 nitrogen and oxygen atoms in total. The van der Waals surface area contributed by atoms with Crippen molar-refractivity contribution in [1.82, 2.24) is 15.5 Å². The number of morpholine rings is 1. The summed E-state index contributed by atoms with van der Waals surface area (Å²) in [5.74, 6) is 1.50. The Kier molecular flexibility index (Phi) is 11.1. The van der Waals surface area contributed by atoms with E-state index in [1.54, 1.807) is 0 Å². The number of benzene rings is 1. The molecule has 2 unspecified atom stereocenters. The van der Waals surface area contributed by atoms with Crippen LogP contribution >= 0.6 is 24.0 Å². The molecule has 2 N–H and O–H groups in total. The average molecular weight is 515 g/mol. The van der Waals surface area contributed by atoms with Crippen molar-refractivity contribution in [1.29, 1.82) is 0 Å². The Morgan fingerprint density at radius 2 is 1.97 bits per heavy atom. The maximum atomic E-state index is 5.44. The molecule has 1 aromatic rings. The van der Waals surface area contributed by atoms with Crippen LogP contribution in [0.2, 0.25) is 0 Å². The van der Waals surface area contributed by atoms with Crippen LogP contribution in [0.5, 0.6) is 0 Å². The van der Waals surface area contributed by atoms with E-state index in [1.807, 2.05) is 0 Å². The van der Waals surface area contributed by atoms with Crippen molar-refractivity contribution < 1.29 is 4.74 Å². The molecule has 164 valence electrons. The Labute approximate surface area is 193 Å². The molecule has 2 atom stereocenters. The molecule has 0 bridgehead atoms. The largest absolute Gasteiger partial charge is 0.379 e. The molecule has 0 spiro atoms. The maximum absolute atomic E-state index is 5.44. The van der Waals surface area contributed by atoms with E-state index < -0.39 is 0 Å². The first-order valence-electron chi connectivity index (χ1n) is 10.9. The molecule has 0 aliphatic carbocycles. The van der Waals surface area contributed by atoms with Crippen LogP contribution in [-0.4, -0.2) is 75.9 Å². The van der Waals surface area contributed by atoms with Gasteiger partial charge in [0.2, 0.25) is 0 Å². The second kappa shape index (κ2) is 13.3. The van der Waals surface area contributed by atoms with E-state index in [1.165, 1.54) is 18.5 Å². The summed E-state index contributed by atoms with van der Waals surface area (Å²) in [6, 6.07) is 11.2. The zero-order chi connectivity index (χ0) is 19.6. The number of hydrogen-bond donors (Lipinski definition) is 2. The Hall–Kier alpha value is -1.06. The van der Waals surface area contributed by atoms with Crippen molar-refractivity contribution in [3.05, 3.63) is 30.3 Å². The molecule has 2 aliphatic heterocycles. The van der Waals surface area contributed by atoms with Crippen LogP contribution in [0.25, 0.3) is 0 Å². The first-order chi connectivity index (χ1) is 13.7. The fourth-order valence-electron chi connectivity index (χ4n) is 4.01. The third-order valence-electron chi connectivity index (χ3n) is 5.46. The van der Waals surface area contributed by atoms with Gasteiger partial charge in [0.1, 0.15) is 0 Å². The highest BCUT2D eigenvalue weighted by molar-refractivity contribution is 14.0. The van der Waals surface area contributed by atoms with Gasteiger partial charge in [0.15, 0.2) is 5.96 Å². The third-order valence-corrected chi connectivity index (χ3v) is 5.46. The van der Waals surface area contributed by atoms with Crippen LogP contribution < -0.4 is 15.5 Å². The zero-order valence-electron chi connectivity index (χ0n) is 18.0. The van der Waals surface area contributed by atoms with Crippen molar-refractivity contribution >= 4 is 35.6 Å². The summed E-state index contributed by atoms with van der Waals surface area (Å²) in [6.45, 7) is 13.2. The van der Waals surface area contributed by atoms with Crippen LogP contribution in [-0.2, 0) is 4.74 Å². The molecule has 0 saturated carbocycles. The number of aliphatic imine (C=N–C) groups is 1. The fourth-order valence-corrected chi connectivity index (χ4v) is 4.01. The summed E-state index contributed by atoms with van der Waals surface area (Å²) < 4.78 is 5.44. The highest BCUT2D eigenvalue weighted by Gasteiger charge is 2.21. The van der Waals surface area contributed by atoms with Crippen molar-refractivity contribution in [3.63, 3.8) is 0 Å². The van der Waals surface area contributed by atoms with Gasteiger partial charge >= 0.3 is 0 Å². The minimum Gasteiger partial charge on any atom is -0.379 e. The molecule has 2 heterocycles. The number of rotatable bonds is 7. The molecule has 0 aromatic heterocycles. The second-order valence-electron chi connectivity index (χ2n) is 8.00. The van der Waals surface area contributed by atoms with Gasteiger partial charge in [-0.25, -0.2) is 0 Å². The Balaban J connectivity index is 0.00000300. The van der Waals surface area contributed by atoms with E-state index in [0.717, 1.165) is 65.0 Å². The Morgan fingerprint density at radius 1 is 1.21 bits per heavy atom. The molecule has 7 heteroatoms. The topological polar surface area (TPSA) is 52.1 Å². The van der Waals surface area contributed by atoms with Gasteiger partial charge in [-0.3, -0.25) is 9.89 Å². The molecule has 2 saturated heterocycles. The molecule has 2 aliphatic rings. The van der Waals surface area contributed by atoms with Crippen molar-refractivity contribution in [3.8, 4) is 0 Å². The lowest BCUT2D eigenvalue weighted by Gasteiger charge is -2.35. The van der Waals surface area contributed by atoms with Crippen LogP contribution in [0, 0.1) is 5.92 Å². The van der Waals surface area contributed by atoms with E-state index >= 15 is 0 Å². The number of nitrogens with one attached hydrogen (secondary N) is 2. The Morgan fingerprint density at radius 3 is 2.69 bits per heavy atom. The van der Waals surface area contributed by atoms with E-state index in [0.29, 0.717) is 12.0 Å². The van der Waals surface area contributed by atoms with Crippen LogP contribution in [0.1, 0.15) is 26.7 Å². The molecule has 29 heavy (non-hydrogen) atoms. The summed E-state index contributed by atoms with van der Waals surface area (Å²) in [5, 5.41) is 7.11. The molecule has 3 rings (SSSR count). The average Bonchev–Trinajstić information content (AvgIpc) is 2.74. The number of anilines is 1. The number of halogens is 1. The van der Waals surface area contributed by atoms with E-state index in [2.05, 4.69) is 64.6 Å². The van der Waals surface area contributed by atoms with E-state index in [-0.39, 0.29) is 24.0 Å². The van der Waals surface area contributed by atoms with E-state index in [9.17, 15) is 0 Å². The minimum atomic E-state index is 0. The monoisotopic (exact) mass is 515 g/mol. The molecule has 2 fully saturated rings. The number of guanidine groups is 1. The third kappa shape index (κ3) is 8.30. The van der Waals surface area contributed by atoms with Gasteiger partial charge in [-0.05, 0) is 37.8 Å². The first kappa shape index (κ1) is 24.2. The number of para-hydroxylation sites is 1. The summed E-state index contributed by atoms with van der Waals surface area (Å²) in [7, 11) is 0. The quantitative estimate of drug-likeness (QED) is 0.333. The standard InChI is InChI=1S/C22H37N5O.HI/c1-3-23-22(24-16-19(2)17-26-12-14-28-15-13-26)25-20-8-7-11-27(18-20)21-9-5-4-6-10-21;/h4-6,9-10,19-20H,3,7-8,11-18H2,1-2H3,(H2,23,24,25);1H. The Bertz CT molecular complexity index is 594. The lowest BCUT2D eigenvalue weighted by Crippen LogP contribution is -2.51. The number of nitrogens with zero attached hydrogens (tertiary/aromatic N) is 3. The summed E-state index contributed by atoms with van der Waals surface area (Å²) >= 11 is 0. The molecule has 0 radical (unpaired) electrons. The van der Waals surface area contributed by atoms with Crippen LogP contribution in [0.3, 0.4) is 0 Å². The first-order valence-corrected chi connectivity index (χ1v) is 10.9. The van der Waals surface area contributed by atoms with Crippen molar-refractivity contribution in [2.75, 3.05) is 63.9 Å². The van der Waals surface area contributed by atoms with Gasteiger partial charge in [0.05, 0.1) is 13.2 Å². The zero-order valence-corrected chi connectivity index (χ0v) is 20.3. The number of hydrogen-bond acceptors (Lipinski definition) is 4. The van der Waals surface area contributed by atoms with Gasteiger partial charge < -0.3 is 20.3 Å². The molecular formula is C22H38IN5O. The minimum absolute atomic E-state index is 0. The lowest BCUT2D eigenvalue weighted by atomic mass is 10.0. The number of piperidine rings is 1. The van der Waals surface area contributed by atoms with Crippen LogP contribution in [0.15, 0.2) is 35.3 Å². The second-order valence-corrected chi connectivity index (χ2v) is 8.00. The maximum Gasteiger partial charge on any atom is 0.191 e. The van der Waals surface area contributed by atoms with Gasteiger partial charge in [-0.15, -0.1) is 24.0 Å². The van der Waals surface area contributed by atoms with Crippen LogP contribution in [0.4, 0.5) is 5.69 Å².